The summed E-state index contributed by atoms with van der Waals surface area (Å²) in [6, 6.07) is 2.89. The van der Waals surface area contributed by atoms with Gasteiger partial charge in [-0.05, 0) is 57.3 Å². The van der Waals surface area contributed by atoms with E-state index in [1.807, 2.05) is 0 Å². The lowest BCUT2D eigenvalue weighted by molar-refractivity contribution is -0.126. The SMILES string of the molecule is C=C1CCC(N2Cc3c(ccc(O[C@@H]4CCC[C@@H]4N(CC)CC)c3F)C2=O)C(=O)N1. The van der Waals surface area contributed by atoms with E-state index in [4.69, 9.17) is 4.74 Å². The maximum Gasteiger partial charge on any atom is 0.255 e. The molecule has 0 aromatic heterocycles. The van der Waals surface area contributed by atoms with Gasteiger partial charge in [0.25, 0.3) is 5.91 Å². The second kappa shape index (κ2) is 8.38. The van der Waals surface area contributed by atoms with Crippen LogP contribution in [0.4, 0.5) is 4.39 Å². The first-order chi connectivity index (χ1) is 14.4. The van der Waals surface area contributed by atoms with Crippen LogP contribution in [-0.2, 0) is 11.3 Å². The van der Waals surface area contributed by atoms with Crippen molar-refractivity contribution in [2.24, 2.45) is 0 Å². The lowest BCUT2D eigenvalue weighted by atomic mass is 10.0. The van der Waals surface area contributed by atoms with Crippen molar-refractivity contribution >= 4 is 11.8 Å². The number of hydrogen-bond acceptors (Lipinski definition) is 4. The van der Waals surface area contributed by atoms with E-state index in [0.29, 0.717) is 29.7 Å². The van der Waals surface area contributed by atoms with Crippen LogP contribution >= 0.6 is 0 Å². The van der Waals surface area contributed by atoms with Crippen molar-refractivity contribution in [3.63, 3.8) is 0 Å². The first kappa shape index (κ1) is 20.8. The zero-order valence-corrected chi connectivity index (χ0v) is 17.7. The standard InChI is InChI=1S/C23H30FN3O3/c1-4-26(5-2)17-7-6-8-19(17)30-20-12-10-15-16(21(20)24)13-27(23(15)29)18-11-9-14(3)25-22(18)28/h10,12,17-19H,3-9,11,13H2,1-2H3,(H,25,28)/t17-,18?,19+/m0/s1. The van der Waals surface area contributed by atoms with Gasteiger partial charge in [-0.2, -0.15) is 0 Å². The number of amides is 2. The van der Waals surface area contributed by atoms with Crippen LogP contribution in [0.2, 0.25) is 0 Å². The molecule has 3 aliphatic rings. The molecule has 0 radical (unpaired) electrons. The number of allylic oxidation sites excluding steroid dienone is 1. The highest BCUT2D eigenvalue weighted by Gasteiger charge is 2.40. The van der Waals surface area contributed by atoms with Crippen molar-refractivity contribution in [3.05, 3.63) is 41.4 Å². The molecule has 2 heterocycles. The van der Waals surface area contributed by atoms with E-state index in [-0.39, 0.29) is 36.3 Å². The van der Waals surface area contributed by atoms with E-state index in [2.05, 4.69) is 30.6 Å². The van der Waals surface area contributed by atoms with Crippen LogP contribution in [-0.4, -0.2) is 52.9 Å². The molecule has 0 bridgehead atoms. The number of ether oxygens (including phenoxy) is 1. The highest BCUT2D eigenvalue weighted by molar-refractivity contribution is 6.01. The van der Waals surface area contributed by atoms with Crippen LogP contribution < -0.4 is 10.1 Å². The molecule has 2 fully saturated rings. The number of carbonyl (C=O) groups excluding carboxylic acids is 2. The number of hydrogen-bond donors (Lipinski definition) is 1. The third-order valence-corrected chi connectivity index (χ3v) is 6.70. The highest BCUT2D eigenvalue weighted by atomic mass is 19.1. The molecule has 1 N–H and O–H groups in total. The molecule has 1 saturated carbocycles. The minimum Gasteiger partial charge on any atom is -0.486 e. The van der Waals surface area contributed by atoms with E-state index in [1.165, 1.54) is 4.90 Å². The summed E-state index contributed by atoms with van der Waals surface area (Å²) in [5.74, 6) is -0.828. The zero-order valence-electron chi connectivity index (χ0n) is 17.7. The fourth-order valence-corrected chi connectivity index (χ4v) is 5.07. The lowest BCUT2D eigenvalue weighted by Gasteiger charge is -2.31. The molecule has 30 heavy (non-hydrogen) atoms. The van der Waals surface area contributed by atoms with Crippen LogP contribution in [0.3, 0.4) is 0 Å². The van der Waals surface area contributed by atoms with Gasteiger partial charge in [0.05, 0.1) is 6.54 Å². The van der Waals surface area contributed by atoms with Crippen molar-refractivity contribution in [2.75, 3.05) is 13.1 Å². The van der Waals surface area contributed by atoms with E-state index in [1.54, 1.807) is 12.1 Å². The van der Waals surface area contributed by atoms with Crippen LogP contribution in [0.25, 0.3) is 0 Å². The van der Waals surface area contributed by atoms with E-state index >= 15 is 4.39 Å². The summed E-state index contributed by atoms with van der Waals surface area (Å²) in [7, 11) is 0. The third kappa shape index (κ3) is 3.60. The molecule has 0 spiro atoms. The predicted molar refractivity (Wildman–Crippen MR) is 112 cm³/mol. The number of nitrogens with one attached hydrogen (secondary N) is 1. The number of carbonyl (C=O) groups is 2. The molecule has 4 rings (SSSR count). The first-order valence-corrected chi connectivity index (χ1v) is 11.0. The number of nitrogens with zero attached hydrogens (tertiary/aromatic N) is 2. The van der Waals surface area contributed by atoms with Crippen LogP contribution in [0, 0.1) is 5.82 Å². The average molecular weight is 416 g/mol. The molecule has 1 aliphatic carbocycles. The van der Waals surface area contributed by atoms with Crippen molar-refractivity contribution in [1.82, 2.24) is 15.1 Å². The Morgan fingerprint density at radius 3 is 2.70 bits per heavy atom. The van der Waals surface area contributed by atoms with E-state index in [9.17, 15) is 9.59 Å². The smallest absolute Gasteiger partial charge is 0.255 e. The molecule has 1 saturated heterocycles. The molecule has 2 amide bonds. The van der Waals surface area contributed by atoms with E-state index < -0.39 is 11.9 Å². The van der Waals surface area contributed by atoms with Gasteiger partial charge in [0.2, 0.25) is 5.91 Å². The van der Waals surface area contributed by atoms with E-state index in [0.717, 1.165) is 32.4 Å². The number of benzene rings is 1. The average Bonchev–Trinajstić information content (AvgIpc) is 3.31. The quantitative estimate of drug-likeness (QED) is 0.775. The minimum absolute atomic E-state index is 0.0548. The van der Waals surface area contributed by atoms with Gasteiger partial charge in [-0.1, -0.05) is 20.4 Å². The van der Waals surface area contributed by atoms with Crippen molar-refractivity contribution in [3.8, 4) is 5.75 Å². The van der Waals surface area contributed by atoms with Gasteiger partial charge in [-0.3, -0.25) is 14.5 Å². The molecule has 2 aliphatic heterocycles. The number of halogens is 1. The summed E-state index contributed by atoms with van der Waals surface area (Å²) in [5.41, 5.74) is 1.30. The summed E-state index contributed by atoms with van der Waals surface area (Å²) in [6.07, 6.45) is 4.07. The fraction of sp³-hybridized carbons (Fsp3) is 0.565. The normalized spacial score (nSPS) is 26.3. The first-order valence-electron chi connectivity index (χ1n) is 11.0. The topological polar surface area (TPSA) is 61.9 Å². The monoisotopic (exact) mass is 415 g/mol. The Hall–Kier alpha value is -2.41. The Morgan fingerprint density at radius 1 is 1.23 bits per heavy atom. The Kier molecular flexibility index (Phi) is 5.82. The third-order valence-electron chi connectivity index (χ3n) is 6.70. The van der Waals surface area contributed by atoms with Crippen LogP contribution in [0.15, 0.2) is 24.4 Å². The second-order valence-corrected chi connectivity index (χ2v) is 8.36. The van der Waals surface area contributed by atoms with Gasteiger partial charge in [0.15, 0.2) is 11.6 Å². The Bertz CT molecular complexity index is 867. The maximum atomic E-state index is 15.4. The predicted octanol–water partition coefficient (Wildman–Crippen LogP) is 3.22. The summed E-state index contributed by atoms with van der Waals surface area (Å²) in [6.45, 7) is 10.00. The number of fused-ring (bicyclic) bond motifs is 1. The molecule has 3 atom stereocenters. The largest absolute Gasteiger partial charge is 0.486 e. The molecule has 1 unspecified atom stereocenters. The van der Waals surface area contributed by atoms with Gasteiger partial charge in [0.1, 0.15) is 12.1 Å². The molecule has 1 aromatic rings. The fourth-order valence-electron chi connectivity index (χ4n) is 5.07. The summed E-state index contributed by atoms with van der Waals surface area (Å²) in [5, 5.41) is 2.70. The summed E-state index contributed by atoms with van der Waals surface area (Å²) >= 11 is 0. The van der Waals surface area contributed by atoms with Gasteiger partial charge >= 0.3 is 0 Å². The Labute approximate surface area is 177 Å². The number of piperidine rings is 1. The van der Waals surface area contributed by atoms with Gasteiger partial charge in [-0.25, -0.2) is 4.39 Å². The van der Waals surface area contributed by atoms with Gasteiger partial charge in [-0.15, -0.1) is 0 Å². The molecular weight excluding hydrogens is 385 g/mol. The zero-order chi connectivity index (χ0) is 21.4. The Morgan fingerprint density at radius 2 is 2.00 bits per heavy atom. The van der Waals surface area contributed by atoms with Gasteiger partial charge in [0, 0.05) is 22.9 Å². The number of rotatable bonds is 6. The molecular formula is C23H30FN3O3. The lowest BCUT2D eigenvalue weighted by Crippen LogP contribution is -2.49. The van der Waals surface area contributed by atoms with Crippen LogP contribution in [0.5, 0.6) is 5.75 Å². The highest BCUT2D eigenvalue weighted by Crippen LogP contribution is 2.36. The maximum absolute atomic E-state index is 15.4. The summed E-state index contributed by atoms with van der Waals surface area (Å²) in [4.78, 5) is 29.0. The van der Waals surface area contributed by atoms with Crippen LogP contribution in [0.1, 0.15) is 61.9 Å². The molecule has 162 valence electrons. The van der Waals surface area contributed by atoms with Gasteiger partial charge < -0.3 is 15.0 Å². The van der Waals surface area contributed by atoms with Crippen molar-refractivity contribution in [2.45, 2.75) is 70.7 Å². The summed E-state index contributed by atoms with van der Waals surface area (Å²) < 4.78 is 21.5. The van der Waals surface area contributed by atoms with Crippen molar-refractivity contribution < 1.29 is 18.7 Å². The minimum atomic E-state index is -0.596. The number of likely N-dealkylation sites (N-methyl/N-ethyl adjacent to an activating group) is 1. The van der Waals surface area contributed by atoms with Crippen molar-refractivity contribution in [1.29, 1.82) is 0 Å². The Balaban J connectivity index is 1.53. The molecule has 6 nitrogen and oxygen atoms in total. The second-order valence-electron chi connectivity index (χ2n) is 8.36. The molecule has 7 heteroatoms. The molecule has 1 aromatic carbocycles.